The van der Waals surface area contributed by atoms with Crippen molar-refractivity contribution in [3.63, 3.8) is 0 Å². The third kappa shape index (κ3) is 4.68. The van der Waals surface area contributed by atoms with Crippen LogP contribution in [0.25, 0.3) is 0 Å². The summed E-state index contributed by atoms with van der Waals surface area (Å²) in [6.07, 6.45) is 0. The summed E-state index contributed by atoms with van der Waals surface area (Å²) in [4.78, 5) is 11.0. The molecule has 7 nitrogen and oxygen atoms in total. The van der Waals surface area contributed by atoms with Gasteiger partial charge in [0.15, 0.2) is 5.49 Å². The quantitative estimate of drug-likeness (QED) is 0.852. The van der Waals surface area contributed by atoms with E-state index in [1.807, 2.05) is 0 Å². The molecule has 1 heterocycles. The lowest BCUT2D eigenvalue weighted by atomic mass is 10.2. The molecule has 0 fully saturated rings. The lowest BCUT2D eigenvalue weighted by Crippen LogP contribution is -2.31. The van der Waals surface area contributed by atoms with Crippen LogP contribution in [0.2, 0.25) is 5.15 Å². The molecule has 0 spiro atoms. The highest BCUT2D eigenvalue weighted by molar-refractivity contribution is 7.89. The predicted molar refractivity (Wildman–Crippen MR) is 81.1 cm³/mol. The van der Waals surface area contributed by atoms with E-state index in [-0.39, 0.29) is 22.9 Å². The van der Waals surface area contributed by atoms with Gasteiger partial charge in [0.1, 0.15) is 11.7 Å². The Morgan fingerprint density at radius 1 is 1.23 bits per heavy atom. The Labute approximate surface area is 132 Å². The summed E-state index contributed by atoms with van der Waals surface area (Å²) in [5.41, 5.74) is 5.69. The van der Waals surface area contributed by atoms with Gasteiger partial charge in [-0.15, -0.1) is 4.40 Å². The number of hydrogen-bond donors (Lipinski definition) is 1. The summed E-state index contributed by atoms with van der Waals surface area (Å²) in [7, 11) is -3.79. The number of benzene rings is 1. The van der Waals surface area contributed by atoms with Crippen molar-refractivity contribution in [2.45, 2.75) is 12.3 Å². The molecule has 9 heteroatoms. The molecule has 1 aromatic carbocycles. The number of nitrogens with two attached hydrogens (primary N) is 1. The zero-order valence-corrected chi connectivity index (χ0v) is 13.0. The molecule has 0 radical (unpaired) electrons. The van der Waals surface area contributed by atoms with Crippen LogP contribution in [-0.4, -0.2) is 24.1 Å². The van der Waals surface area contributed by atoms with E-state index in [9.17, 15) is 13.2 Å². The number of primary amides is 1. The van der Waals surface area contributed by atoms with Crippen LogP contribution < -0.4 is 11.2 Å². The van der Waals surface area contributed by atoms with E-state index in [2.05, 4.69) is 9.50 Å². The van der Waals surface area contributed by atoms with Gasteiger partial charge in [0.05, 0.1) is 5.75 Å². The van der Waals surface area contributed by atoms with E-state index in [0.29, 0.717) is 5.56 Å². The molecule has 0 atom stereocenters. The SMILES string of the molecule is NC(=O)Cn1nc(Cl)ccc1=NS(=O)(=O)Cc1ccccc1. The van der Waals surface area contributed by atoms with Crippen molar-refractivity contribution in [3.05, 3.63) is 58.7 Å². The molecule has 116 valence electrons. The molecule has 1 amide bonds. The number of carbonyl (C=O) groups is 1. The van der Waals surface area contributed by atoms with Gasteiger partial charge in [-0.1, -0.05) is 41.9 Å². The zero-order chi connectivity index (χ0) is 16.2. The van der Waals surface area contributed by atoms with Crippen LogP contribution in [0.4, 0.5) is 0 Å². The molecule has 0 saturated heterocycles. The van der Waals surface area contributed by atoms with Crippen molar-refractivity contribution >= 4 is 27.5 Å². The molecule has 0 aliphatic carbocycles. The summed E-state index contributed by atoms with van der Waals surface area (Å²) in [6, 6.07) is 11.4. The first-order chi connectivity index (χ1) is 10.4. The third-order valence-corrected chi connectivity index (χ3v) is 3.95. The summed E-state index contributed by atoms with van der Waals surface area (Å²) in [5, 5.41) is 3.93. The van der Waals surface area contributed by atoms with Crippen molar-refractivity contribution < 1.29 is 13.2 Å². The summed E-state index contributed by atoms with van der Waals surface area (Å²) in [5.74, 6) is -0.941. The number of nitrogens with zero attached hydrogens (tertiary/aromatic N) is 3. The van der Waals surface area contributed by atoms with Crippen LogP contribution in [0.1, 0.15) is 5.56 Å². The van der Waals surface area contributed by atoms with Crippen molar-refractivity contribution in [2.24, 2.45) is 10.1 Å². The van der Waals surface area contributed by atoms with Crippen LogP contribution in [0.5, 0.6) is 0 Å². The average molecular weight is 341 g/mol. The highest BCUT2D eigenvalue weighted by Crippen LogP contribution is 2.06. The highest BCUT2D eigenvalue weighted by atomic mass is 35.5. The summed E-state index contributed by atoms with van der Waals surface area (Å²) < 4.78 is 29.0. The molecule has 0 saturated carbocycles. The second-order valence-electron chi connectivity index (χ2n) is 4.44. The van der Waals surface area contributed by atoms with Crippen LogP contribution in [0.15, 0.2) is 46.9 Å². The maximum Gasteiger partial charge on any atom is 0.259 e. The van der Waals surface area contributed by atoms with Gasteiger partial charge < -0.3 is 5.73 Å². The molecule has 0 unspecified atom stereocenters. The molecule has 0 aliphatic heterocycles. The van der Waals surface area contributed by atoms with Crippen LogP contribution in [0, 0.1) is 0 Å². The minimum Gasteiger partial charge on any atom is -0.368 e. The van der Waals surface area contributed by atoms with Gasteiger partial charge in [0.25, 0.3) is 10.0 Å². The summed E-state index contributed by atoms with van der Waals surface area (Å²) >= 11 is 5.73. The van der Waals surface area contributed by atoms with Gasteiger partial charge in [0, 0.05) is 0 Å². The molecular formula is C13H13ClN4O3S. The van der Waals surface area contributed by atoms with Gasteiger partial charge in [-0.3, -0.25) is 4.79 Å². The van der Waals surface area contributed by atoms with Gasteiger partial charge in [0.2, 0.25) is 5.91 Å². The summed E-state index contributed by atoms with van der Waals surface area (Å²) in [6.45, 7) is -0.319. The normalized spacial score (nSPS) is 12.3. The van der Waals surface area contributed by atoms with E-state index >= 15 is 0 Å². The Morgan fingerprint density at radius 3 is 2.55 bits per heavy atom. The second kappa shape index (κ2) is 6.71. The molecule has 2 aromatic rings. The smallest absolute Gasteiger partial charge is 0.259 e. The average Bonchev–Trinajstić information content (AvgIpc) is 2.42. The Hall–Kier alpha value is -2.19. The molecule has 0 aliphatic rings. The molecule has 2 N–H and O–H groups in total. The molecule has 0 bridgehead atoms. The first-order valence-corrected chi connectivity index (χ1v) is 8.19. The van der Waals surface area contributed by atoms with E-state index < -0.39 is 15.9 Å². The van der Waals surface area contributed by atoms with Crippen LogP contribution in [0.3, 0.4) is 0 Å². The predicted octanol–water partition coefficient (Wildman–Crippen LogP) is 0.452. The van der Waals surface area contributed by atoms with E-state index in [1.165, 1.54) is 12.1 Å². The van der Waals surface area contributed by atoms with Crippen LogP contribution >= 0.6 is 11.6 Å². The van der Waals surface area contributed by atoms with Gasteiger partial charge in [-0.05, 0) is 17.7 Å². The first kappa shape index (κ1) is 16.2. The number of amides is 1. The Balaban J connectivity index is 2.41. The van der Waals surface area contributed by atoms with Crippen LogP contribution in [-0.2, 0) is 27.1 Å². The Bertz CT molecular complexity index is 847. The van der Waals surface area contributed by atoms with Gasteiger partial charge >= 0.3 is 0 Å². The first-order valence-electron chi connectivity index (χ1n) is 6.20. The minimum atomic E-state index is -3.79. The number of aromatic nitrogens is 2. The number of sulfonamides is 1. The van der Waals surface area contributed by atoms with Crippen molar-refractivity contribution in [1.29, 1.82) is 0 Å². The topological polar surface area (TPSA) is 107 Å². The van der Waals surface area contributed by atoms with Gasteiger partial charge in [-0.2, -0.15) is 5.10 Å². The van der Waals surface area contributed by atoms with Crippen molar-refractivity contribution in [1.82, 2.24) is 9.78 Å². The van der Waals surface area contributed by atoms with Crippen molar-refractivity contribution in [3.8, 4) is 0 Å². The van der Waals surface area contributed by atoms with E-state index in [0.717, 1.165) is 4.68 Å². The van der Waals surface area contributed by atoms with E-state index in [4.69, 9.17) is 17.3 Å². The van der Waals surface area contributed by atoms with Gasteiger partial charge in [-0.25, -0.2) is 13.1 Å². The van der Waals surface area contributed by atoms with E-state index in [1.54, 1.807) is 30.3 Å². The largest absolute Gasteiger partial charge is 0.368 e. The highest BCUT2D eigenvalue weighted by Gasteiger charge is 2.11. The van der Waals surface area contributed by atoms with Crippen molar-refractivity contribution in [2.75, 3.05) is 0 Å². The standard InChI is InChI=1S/C13H13ClN4O3S/c14-11-6-7-13(18(16-11)8-12(15)19)17-22(20,21)9-10-4-2-1-3-5-10/h1-7H,8-9H2,(H2,15,19). The second-order valence-corrected chi connectivity index (χ2v) is 6.46. The fraction of sp³-hybridized carbons (Fsp3) is 0.154. The maximum absolute atomic E-state index is 12.1. The third-order valence-electron chi connectivity index (χ3n) is 2.58. The zero-order valence-electron chi connectivity index (χ0n) is 11.4. The molecule has 22 heavy (non-hydrogen) atoms. The molecular weight excluding hydrogens is 328 g/mol. The minimum absolute atomic E-state index is 0.0147. The molecule has 2 rings (SSSR count). The fourth-order valence-electron chi connectivity index (χ4n) is 1.73. The number of rotatable bonds is 5. The molecule has 1 aromatic heterocycles. The number of carbonyl (C=O) groups excluding carboxylic acids is 1. The number of hydrogen-bond acceptors (Lipinski definition) is 4. The fourth-order valence-corrected chi connectivity index (χ4v) is 3.00. The Morgan fingerprint density at radius 2 is 1.91 bits per heavy atom. The Kier molecular flexibility index (Phi) is 4.94. The lowest BCUT2D eigenvalue weighted by molar-refractivity contribution is -0.118. The number of halogens is 1. The maximum atomic E-state index is 12.1. The monoisotopic (exact) mass is 340 g/mol. The lowest BCUT2D eigenvalue weighted by Gasteiger charge is -2.04.